The van der Waals surface area contributed by atoms with E-state index in [2.05, 4.69) is 28.9 Å². The third kappa shape index (κ3) is 3.33. The van der Waals surface area contributed by atoms with Gasteiger partial charge in [-0.15, -0.1) is 5.10 Å². The number of likely N-dealkylation sites (tertiary alicyclic amines) is 1. The third-order valence-corrected chi connectivity index (χ3v) is 3.90. The van der Waals surface area contributed by atoms with Crippen LogP contribution in [-0.2, 0) is 6.42 Å². The molecule has 0 aromatic carbocycles. The van der Waals surface area contributed by atoms with Crippen LogP contribution in [0.2, 0.25) is 5.15 Å². The van der Waals surface area contributed by atoms with Crippen molar-refractivity contribution in [2.45, 2.75) is 39.2 Å². The van der Waals surface area contributed by atoms with Crippen molar-refractivity contribution < 1.29 is 0 Å². The van der Waals surface area contributed by atoms with Gasteiger partial charge in [0.15, 0.2) is 5.15 Å². The van der Waals surface area contributed by atoms with Crippen LogP contribution in [0.4, 0.5) is 5.69 Å². The van der Waals surface area contributed by atoms with Crippen molar-refractivity contribution in [3.63, 3.8) is 0 Å². The van der Waals surface area contributed by atoms with Crippen LogP contribution in [-0.4, -0.2) is 34.2 Å². The van der Waals surface area contributed by atoms with Crippen molar-refractivity contribution in [3.8, 4) is 0 Å². The van der Waals surface area contributed by atoms with E-state index in [-0.39, 0.29) is 0 Å². The molecule has 0 bridgehead atoms. The maximum Gasteiger partial charge on any atom is 0.174 e. The normalized spacial score (nSPS) is 21.4. The van der Waals surface area contributed by atoms with Gasteiger partial charge >= 0.3 is 0 Å². The molecule has 1 saturated heterocycles. The molecule has 0 aliphatic carbocycles. The van der Waals surface area contributed by atoms with Gasteiger partial charge in [0.1, 0.15) is 0 Å². The average Bonchev–Trinajstić information content (AvgIpc) is 2.34. The van der Waals surface area contributed by atoms with E-state index in [0.717, 1.165) is 18.7 Å². The minimum atomic E-state index is 0.297. The highest BCUT2D eigenvalue weighted by molar-refractivity contribution is 6.31. The number of anilines is 1. The highest BCUT2D eigenvalue weighted by atomic mass is 35.5. The number of nitrogens with zero attached hydrogens (tertiary/aromatic N) is 3. The molecule has 100 valence electrons. The second-order valence-electron chi connectivity index (χ2n) is 5.38. The van der Waals surface area contributed by atoms with Gasteiger partial charge in [0, 0.05) is 12.6 Å². The summed E-state index contributed by atoms with van der Waals surface area (Å²) in [5, 5.41) is 8.30. The van der Waals surface area contributed by atoms with E-state index in [4.69, 9.17) is 17.3 Å². The van der Waals surface area contributed by atoms with E-state index < -0.39 is 0 Å². The summed E-state index contributed by atoms with van der Waals surface area (Å²) in [5.41, 5.74) is 7.23. The smallest absolute Gasteiger partial charge is 0.174 e. The molecule has 5 heteroatoms. The van der Waals surface area contributed by atoms with Crippen LogP contribution >= 0.6 is 11.6 Å². The van der Waals surface area contributed by atoms with Gasteiger partial charge in [-0.1, -0.05) is 11.6 Å². The van der Waals surface area contributed by atoms with Crippen molar-refractivity contribution >= 4 is 17.3 Å². The zero-order valence-corrected chi connectivity index (χ0v) is 11.8. The molecule has 1 aromatic heterocycles. The van der Waals surface area contributed by atoms with Gasteiger partial charge in [-0.3, -0.25) is 0 Å². The van der Waals surface area contributed by atoms with Crippen molar-refractivity contribution in [3.05, 3.63) is 16.9 Å². The Kier molecular flexibility index (Phi) is 4.40. The standard InChI is InChI=1S/C13H21ClN4/c1-9(2)18-5-3-4-10(8-18)6-11-7-12(15)13(14)17-16-11/h7,9-10H,3-6,8H2,1-2H3,(H2,15,16). The lowest BCUT2D eigenvalue weighted by Crippen LogP contribution is -2.40. The average molecular weight is 269 g/mol. The molecule has 0 amide bonds. The fraction of sp³-hybridized carbons (Fsp3) is 0.692. The molecule has 1 aliphatic rings. The van der Waals surface area contributed by atoms with E-state index in [9.17, 15) is 0 Å². The predicted octanol–water partition coefficient (Wildman–Crippen LogP) is 2.38. The maximum atomic E-state index is 5.78. The molecule has 0 radical (unpaired) electrons. The minimum absolute atomic E-state index is 0.297. The zero-order valence-electron chi connectivity index (χ0n) is 11.1. The van der Waals surface area contributed by atoms with Crippen molar-refractivity contribution in [1.29, 1.82) is 0 Å². The fourth-order valence-electron chi connectivity index (χ4n) is 2.56. The molecule has 4 nitrogen and oxygen atoms in total. The minimum Gasteiger partial charge on any atom is -0.396 e. The summed E-state index contributed by atoms with van der Waals surface area (Å²) in [5.74, 6) is 0.649. The maximum absolute atomic E-state index is 5.78. The van der Waals surface area contributed by atoms with E-state index in [1.807, 2.05) is 6.07 Å². The van der Waals surface area contributed by atoms with Crippen LogP contribution in [0.1, 0.15) is 32.4 Å². The highest BCUT2D eigenvalue weighted by Crippen LogP contribution is 2.23. The Morgan fingerprint density at radius 3 is 2.94 bits per heavy atom. The van der Waals surface area contributed by atoms with E-state index >= 15 is 0 Å². The Morgan fingerprint density at radius 1 is 1.50 bits per heavy atom. The summed E-state index contributed by atoms with van der Waals surface area (Å²) in [6, 6.07) is 2.47. The van der Waals surface area contributed by atoms with Gasteiger partial charge in [-0.2, -0.15) is 5.10 Å². The Balaban J connectivity index is 1.98. The quantitative estimate of drug-likeness (QED) is 0.915. The SMILES string of the molecule is CC(C)N1CCCC(Cc2cc(N)c(Cl)nn2)C1. The molecule has 2 heterocycles. The lowest BCUT2D eigenvalue weighted by molar-refractivity contribution is 0.139. The molecule has 18 heavy (non-hydrogen) atoms. The lowest BCUT2D eigenvalue weighted by atomic mass is 9.92. The molecular weight excluding hydrogens is 248 g/mol. The zero-order chi connectivity index (χ0) is 13.1. The molecule has 1 aliphatic heterocycles. The number of nitrogen functional groups attached to an aromatic ring is 1. The molecule has 1 atom stereocenters. The Labute approximate surface area is 114 Å². The summed E-state index contributed by atoms with van der Waals surface area (Å²) < 4.78 is 0. The van der Waals surface area contributed by atoms with Gasteiger partial charge in [0.25, 0.3) is 0 Å². The molecule has 0 saturated carbocycles. The van der Waals surface area contributed by atoms with Gasteiger partial charge in [-0.25, -0.2) is 0 Å². The lowest BCUT2D eigenvalue weighted by Gasteiger charge is -2.35. The number of aromatic nitrogens is 2. The summed E-state index contributed by atoms with van der Waals surface area (Å²) in [6.07, 6.45) is 3.46. The second kappa shape index (κ2) is 5.85. The Morgan fingerprint density at radius 2 is 2.28 bits per heavy atom. The van der Waals surface area contributed by atoms with E-state index in [1.165, 1.54) is 19.4 Å². The fourth-order valence-corrected chi connectivity index (χ4v) is 2.65. The molecule has 0 spiro atoms. The second-order valence-corrected chi connectivity index (χ2v) is 5.74. The molecule has 1 aromatic rings. The Hall–Kier alpha value is -0.870. The van der Waals surface area contributed by atoms with Gasteiger partial charge in [0.2, 0.25) is 0 Å². The number of piperidine rings is 1. The summed E-state index contributed by atoms with van der Waals surface area (Å²) >= 11 is 5.78. The number of hydrogen-bond acceptors (Lipinski definition) is 4. The summed E-state index contributed by atoms with van der Waals surface area (Å²) in [7, 11) is 0. The van der Waals surface area contributed by atoms with Crippen LogP contribution in [0, 0.1) is 5.92 Å². The summed E-state index contributed by atoms with van der Waals surface area (Å²) in [4.78, 5) is 2.53. The molecule has 1 fully saturated rings. The largest absolute Gasteiger partial charge is 0.396 e. The van der Waals surface area contributed by atoms with Gasteiger partial charge in [-0.05, 0) is 51.6 Å². The predicted molar refractivity (Wildman–Crippen MR) is 74.6 cm³/mol. The number of hydrogen-bond donors (Lipinski definition) is 1. The molecular formula is C13H21ClN4. The number of halogens is 1. The van der Waals surface area contributed by atoms with E-state index in [0.29, 0.717) is 22.8 Å². The van der Waals surface area contributed by atoms with Gasteiger partial charge in [0.05, 0.1) is 11.4 Å². The van der Waals surface area contributed by atoms with Crippen molar-refractivity contribution in [1.82, 2.24) is 15.1 Å². The van der Waals surface area contributed by atoms with Gasteiger partial charge < -0.3 is 10.6 Å². The van der Waals surface area contributed by atoms with Crippen molar-refractivity contribution in [2.24, 2.45) is 5.92 Å². The number of nitrogens with two attached hydrogens (primary N) is 1. The monoisotopic (exact) mass is 268 g/mol. The highest BCUT2D eigenvalue weighted by Gasteiger charge is 2.22. The van der Waals surface area contributed by atoms with Crippen LogP contribution < -0.4 is 5.73 Å². The first-order valence-electron chi connectivity index (χ1n) is 6.58. The Bertz CT molecular complexity index is 408. The first-order chi connectivity index (χ1) is 8.56. The molecule has 2 N–H and O–H groups in total. The first kappa shape index (κ1) is 13.6. The van der Waals surface area contributed by atoms with Crippen LogP contribution in [0.25, 0.3) is 0 Å². The van der Waals surface area contributed by atoms with Crippen LogP contribution in [0.5, 0.6) is 0 Å². The van der Waals surface area contributed by atoms with Crippen LogP contribution in [0.15, 0.2) is 6.07 Å². The molecule has 2 rings (SSSR count). The van der Waals surface area contributed by atoms with E-state index in [1.54, 1.807) is 0 Å². The van der Waals surface area contributed by atoms with Crippen molar-refractivity contribution in [2.75, 3.05) is 18.8 Å². The van der Waals surface area contributed by atoms with Crippen LogP contribution in [0.3, 0.4) is 0 Å². The number of rotatable bonds is 3. The topological polar surface area (TPSA) is 55.0 Å². The third-order valence-electron chi connectivity index (χ3n) is 3.61. The first-order valence-corrected chi connectivity index (χ1v) is 6.95. The summed E-state index contributed by atoms with van der Waals surface area (Å²) in [6.45, 7) is 6.86. The molecule has 1 unspecified atom stereocenters.